The third-order valence-electron chi connectivity index (χ3n) is 6.03. The molecule has 0 radical (unpaired) electrons. The van der Waals surface area contributed by atoms with Gasteiger partial charge in [0.05, 0.1) is 10.9 Å². The van der Waals surface area contributed by atoms with Crippen molar-refractivity contribution in [1.82, 2.24) is 15.0 Å². The average molecular weight is 455 g/mol. The van der Waals surface area contributed by atoms with Gasteiger partial charge in [-0.15, -0.1) is 0 Å². The fourth-order valence-corrected chi connectivity index (χ4v) is 4.24. The molecular weight excluding hydrogens is 433 g/mol. The molecule has 2 amide bonds. The maximum absolute atomic E-state index is 14.0. The predicted octanol–water partition coefficient (Wildman–Crippen LogP) is 4.86. The Balaban J connectivity index is 1.21. The van der Waals surface area contributed by atoms with Crippen LogP contribution >= 0.6 is 0 Å². The number of para-hydroxylation sites is 1. The van der Waals surface area contributed by atoms with Crippen LogP contribution in [0.2, 0.25) is 0 Å². The van der Waals surface area contributed by atoms with Crippen molar-refractivity contribution < 1.29 is 13.7 Å². The monoisotopic (exact) mass is 455 g/mol. The highest BCUT2D eigenvalue weighted by Gasteiger charge is 2.23. The molecule has 0 bridgehead atoms. The molecule has 7 nitrogen and oxygen atoms in total. The van der Waals surface area contributed by atoms with Crippen LogP contribution in [0.4, 0.5) is 15.0 Å². The van der Waals surface area contributed by atoms with Gasteiger partial charge in [0.1, 0.15) is 11.9 Å². The van der Waals surface area contributed by atoms with Crippen molar-refractivity contribution in [3.05, 3.63) is 83.7 Å². The first-order chi connectivity index (χ1) is 16.6. The van der Waals surface area contributed by atoms with Gasteiger partial charge in [-0.2, -0.15) is 5.26 Å². The first-order valence-corrected chi connectivity index (χ1v) is 11.0. The number of fused-ring (bicyclic) bond motifs is 1. The number of hydrogen-bond donors (Lipinski definition) is 1. The second-order valence-corrected chi connectivity index (χ2v) is 8.20. The fourth-order valence-electron chi connectivity index (χ4n) is 4.24. The van der Waals surface area contributed by atoms with Crippen LogP contribution in [-0.4, -0.2) is 47.2 Å². The van der Waals surface area contributed by atoms with Gasteiger partial charge < -0.3 is 9.42 Å². The molecule has 1 fully saturated rings. The van der Waals surface area contributed by atoms with Crippen molar-refractivity contribution in [2.24, 2.45) is 0 Å². The normalized spacial score (nSPS) is 14.2. The van der Waals surface area contributed by atoms with Crippen LogP contribution in [0, 0.1) is 17.1 Å². The van der Waals surface area contributed by atoms with Crippen molar-refractivity contribution in [2.45, 2.75) is 6.54 Å². The predicted molar refractivity (Wildman–Crippen MR) is 126 cm³/mol. The number of benzene rings is 3. The van der Waals surface area contributed by atoms with E-state index in [1.54, 1.807) is 23.1 Å². The molecule has 1 aliphatic rings. The lowest BCUT2D eigenvalue weighted by Gasteiger charge is -2.34. The number of piperazine rings is 1. The SMILES string of the molecule is N#Cc1c(F)cccc1-c1cccc(CN2CCN(C(=O)Nc3noc4ccccc34)CC2)c1. The summed E-state index contributed by atoms with van der Waals surface area (Å²) in [6, 6.07) is 21.6. The summed E-state index contributed by atoms with van der Waals surface area (Å²) in [4.78, 5) is 16.8. The first kappa shape index (κ1) is 21.6. The number of nitriles is 1. The molecule has 34 heavy (non-hydrogen) atoms. The minimum atomic E-state index is -0.515. The largest absolute Gasteiger partial charge is 0.354 e. The van der Waals surface area contributed by atoms with Crippen LogP contribution in [0.15, 0.2) is 71.3 Å². The fraction of sp³-hybridized carbons (Fsp3) is 0.192. The lowest BCUT2D eigenvalue weighted by atomic mass is 9.98. The summed E-state index contributed by atoms with van der Waals surface area (Å²) in [5.74, 6) is -0.0904. The van der Waals surface area contributed by atoms with Crippen LogP contribution in [-0.2, 0) is 6.54 Å². The van der Waals surface area contributed by atoms with Crippen LogP contribution in [0.25, 0.3) is 22.1 Å². The maximum Gasteiger partial charge on any atom is 0.323 e. The second-order valence-electron chi connectivity index (χ2n) is 8.20. The average Bonchev–Trinajstić information content (AvgIpc) is 3.27. The van der Waals surface area contributed by atoms with E-state index in [0.717, 1.165) is 29.6 Å². The Bertz CT molecular complexity index is 1390. The highest BCUT2D eigenvalue weighted by molar-refractivity contribution is 5.98. The number of nitrogens with one attached hydrogen (secondary N) is 1. The summed E-state index contributed by atoms with van der Waals surface area (Å²) in [5.41, 5.74) is 3.15. The van der Waals surface area contributed by atoms with E-state index in [9.17, 15) is 14.4 Å². The number of halogens is 1. The zero-order valence-corrected chi connectivity index (χ0v) is 18.4. The highest BCUT2D eigenvalue weighted by atomic mass is 19.1. The quantitative estimate of drug-likeness (QED) is 0.475. The first-order valence-electron chi connectivity index (χ1n) is 11.0. The van der Waals surface area contributed by atoms with Crippen LogP contribution in [0.5, 0.6) is 0 Å². The number of anilines is 1. The standard InChI is InChI=1S/C26H22FN5O2/c27-23-9-4-8-20(22(23)16-28)19-6-3-5-18(15-19)17-31-11-13-32(14-12-31)26(33)29-25-21-7-1-2-10-24(21)34-30-25/h1-10,15H,11-14,17H2,(H,29,30,33). The van der Waals surface area contributed by atoms with E-state index in [1.165, 1.54) is 6.07 Å². The number of urea groups is 1. The van der Waals surface area contributed by atoms with E-state index in [-0.39, 0.29) is 11.6 Å². The summed E-state index contributed by atoms with van der Waals surface area (Å²) in [7, 11) is 0. The summed E-state index contributed by atoms with van der Waals surface area (Å²) >= 11 is 0. The van der Waals surface area contributed by atoms with E-state index in [2.05, 4.69) is 15.4 Å². The third kappa shape index (κ3) is 4.34. The van der Waals surface area contributed by atoms with Crippen LogP contribution in [0.3, 0.4) is 0 Å². The number of carbonyl (C=O) groups excluding carboxylic acids is 1. The smallest absolute Gasteiger partial charge is 0.323 e. The Morgan fingerprint density at radius 3 is 2.68 bits per heavy atom. The number of nitrogens with zero attached hydrogens (tertiary/aromatic N) is 4. The third-order valence-corrected chi connectivity index (χ3v) is 6.03. The molecule has 4 aromatic rings. The summed E-state index contributed by atoms with van der Waals surface area (Å²) in [5, 5.41) is 16.9. The van der Waals surface area contributed by atoms with Crippen molar-refractivity contribution in [3.8, 4) is 17.2 Å². The number of rotatable bonds is 4. The number of amides is 2. The van der Waals surface area contributed by atoms with Gasteiger partial charge in [-0.3, -0.25) is 10.2 Å². The summed E-state index contributed by atoms with van der Waals surface area (Å²) in [6.45, 7) is 3.32. The molecule has 8 heteroatoms. The topological polar surface area (TPSA) is 85.4 Å². The molecule has 1 aliphatic heterocycles. The Morgan fingerprint density at radius 2 is 1.85 bits per heavy atom. The maximum atomic E-state index is 14.0. The van der Waals surface area contributed by atoms with E-state index >= 15 is 0 Å². The van der Waals surface area contributed by atoms with Crippen molar-refractivity contribution in [2.75, 3.05) is 31.5 Å². The number of hydrogen-bond acceptors (Lipinski definition) is 5. The molecule has 1 aromatic heterocycles. The Labute approximate surface area is 196 Å². The van der Waals surface area contributed by atoms with Crippen molar-refractivity contribution in [1.29, 1.82) is 5.26 Å². The van der Waals surface area contributed by atoms with Gasteiger partial charge in [-0.25, -0.2) is 9.18 Å². The Morgan fingerprint density at radius 1 is 1.06 bits per heavy atom. The summed E-state index contributed by atoms with van der Waals surface area (Å²) < 4.78 is 19.3. The summed E-state index contributed by atoms with van der Waals surface area (Å²) in [6.07, 6.45) is 0. The molecular formula is C26H22FN5O2. The molecule has 2 heterocycles. The molecule has 5 rings (SSSR count). The lowest BCUT2D eigenvalue weighted by Crippen LogP contribution is -2.49. The zero-order valence-electron chi connectivity index (χ0n) is 18.4. The molecule has 0 unspecified atom stereocenters. The minimum Gasteiger partial charge on any atom is -0.354 e. The van der Waals surface area contributed by atoms with Gasteiger partial charge in [0, 0.05) is 38.3 Å². The zero-order chi connectivity index (χ0) is 23.5. The molecule has 1 saturated heterocycles. The van der Waals surface area contributed by atoms with Gasteiger partial charge in [-0.1, -0.05) is 47.6 Å². The molecule has 0 spiro atoms. The second kappa shape index (κ2) is 9.33. The van der Waals surface area contributed by atoms with E-state index in [4.69, 9.17) is 4.52 Å². The highest BCUT2D eigenvalue weighted by Crippen LogP contribution is 2.27. The molecule has 1 N–H and O–H groups in total. The van der Waals surface area contributed by atoms with Crippen molar-refractivity contribution in [3.63, 3.8) is 0 Å². The Hall–Kier alpha value is -4.22. The van der Waals surface area contributed by atoms with Crippen LogP contribution in [0.1, 0.15) is 11.1 Å². The molecule has 0 atom stereocenters. The Kier molecular flexibility index (Phi) is 5.93. The van der Waals surface area contributed by atoms with Gasteiger partial charge in [0.15, 0.2) is 11.4 Å². The van der Waals surface area contributed by atoms with Crippen LogP contribution < -0.4 is 5.32 Å². The van der Waals surface area contributed by atoms with E-state index in [1.807, 2.05) is 48.5 Å². The van der Waals surface area contributed by atoms with Crippen molar-refractivity contribution >= 4 is 22.8 Å². The van der Waals surface area contributed by atoms with Gasteiger partial charge in [0.25, 0.3) is 0 Å². The number of aromatic nitrogens is 1. The molecule has 170 valence electrons. The molecule has 3 aromatic carbocycles. The van der Waals surface area contributed by atoms with Gasteiger partial charge in [-0.05, 0) is 35.4 Å². The van der Waals surface area contributed by atoms with Gasteiger partial charge in [0.2, 0.25) is 0 Å². The molecule has 0 aliphatic carbocycles. The van der Waals surface area contributed by atoms with E-state index in [0.29, 0.717) is 36.6 Å². The lowest BCUT2D eigenvalue weighted by molar-refractivity contribution is 0.143. The number of carbonyl (C=O) groups is 1. The van der Waals surface area contributed by atoms with Gasteiger partial charge >= 0.3 is 6.03 Å². The molecule has 0 saturated carbocycles. The van der Waals surface area contributed by atoms with E-state index < -0.39 is 5.82 Å². The minimum absolute atomic E-state index is 0.0548.